The predicted molar refractivity (Wildman–Crippen MR) is 91.4 cm³/mol. The molecule has 0 radical (unpaired) electrons. The van der Waals surface area contributed by atoms with Crippen molar-refractivity contribution in [2.75, 3.05) is 26.4 Å². The molecule has 0 atom stereocenters. The maximum atomic E-state index is 12.2. The number of carbonyl (C=O) groups excluding carboxylic acids is 1. The van der Waals surface area contributed by atoms with Gasteiger partial charge in [0.05, 0.1) is 13.2 Å². The molecule has 0 saturated heterocycles. The van der Waals surface area contributed by atoms with Crippen LogP contribution in [0.25, 0.3) is 6.08 Å². The van der Waals surface area contributed by atoms with Crippen molar-refractivity contribution in [3.63, 3.8) is 0 Å². The van der Waals surface area contributed by atoms with Gasteiger partial charge in [0.2, 0.25) is 0 Å². The third kappa shape index (κ3) is 3.13. The number of benzene rings is 1. The highest BCUT2D eigenvalue weighted by atomic mass is 16.5. The molecule has 23 heavy (non-hydrogen) atoms. The molecule has 0 heterocycles. The molecule has 1 aromatic carbocycles. The first-order valence-corrected chi connectivity index (χ1v) is 8.59. The van der Waals surface area contributed by atoms with E-state index in [9.17, 15) is 4.79 Å². The van der Waals surface area contributed by atoms with Crippen LogP contribution in [0.15, 0.2) is 30.3 Å². The van der Waals surface area contributed by atoms with Crippen LogP contribution < -0.4 is 0 Å². The van der Waals surface area contributed by atoms with Gasteiger partial charge in [0.1, 0.15) is 0 Å². The van der Waals surface area contributed by atoms with E-state index in [-0.39, 0.29) is 16.6 Å². The van der Waals surface area contributed by atoms with Crippen LogP contribution in [0.3, 0.4) is 0 Å². The maximum Gasteiger partial charge on any atom is 0.156 e. The van der Waals surface area contributed by atoms with Gasteiger partial charge in [0, 0.05) is 30.5 Å². The Kier molecular flexibility index (Phi) is 4.69. The molecule has 1 saturated carbocycles. The van der Waals surface area contributed by atoms with E-state index in [0.717, 1.165) is 39.3 Å². The summed E-state index contributed by atoms with van der Waals surface area (Å²) in [4.78, 5) is 12.2. The van der Waals surface area contributed by atoms with Crippen molar-refractivity contribution in [1.82, 2.24) is 0 Å². The SMILES string of the molecule is CCOCC1(COCC)CC2(CC(=O)C=Cc3ccccc32)C1. The first-order valence-electron chi connectivity index (χ1n) is 8.59. The number of allylic oxidation sites excluding steroid dienone is 1. The third-order valence-corrected chi connectivity index (χ3v) is 5.15. The molecule has 0 aromatic heterocycles. The minimum Gasteiger partial charge on any atom is -0.381 e. The Bertz CT molecular complexity index is 587. The number of ether oxygens (including phenoxy) is 2. The van der Waals surface area contributed by atoms with Crippen LogP contribution in [-0.2, 0) is 19.7 Å². The summed E-state index contributed by atoms with van der Waals surface area (Å²) >= 11 is 0. The average Bonchev–Trinajstić information content (AvgIpc) is 2.67. The highest BCUT2D eigenvalue weighted by Crippen LogP contribution is 2.59. The van der Waals surface area contributed by atoms with Crippen molar-refractivity contribution in [2.24, 2.45) is 5.41 Å². The first-order chi connectivity index (χ1) is 11.1. The van der Waals surface area contributed by atoms with Gasteiger partial charge >= 0.3 is 0 Å². The molecule has 0 amide bonds. The summed E-state index contributed by atoms with van der Waals surface area (Å²) in [6.45, 7) is 6.92. The summed E-state index contributed by atoms with van der Waals surface area (Å²) in [5.41, 5.74) is 2.49. The van der Waals surface area contributed by atoms with Crippen molar-refractivity contribution in [3.8, 4) is 0 Å². The zero-order valence-corrected chi connectivity index (χ0v) is 14.1. The van der Waals surface area contributed by atoms with Crippen LogP contribution in [0.1, 0.15) is 44.2 Å². The number of fused-ring (bicyclic) bond motifs is 2. The zero-order valence-electron chi connectivity index (χ0n) is 14.1. The maximum absolute atomic E-state index is 12.2. The molecule has 2 aliphatic rings. The molecule has 0 N–H and O–H groups in total. The van der Waals surface area contributed by atoms with Gasteiger partial charge in [-0.15, -0.1) is 0 Å². The second-order valence-corrected chi connectivity index (χ2v) is 6.97. The molecule has 1 spiro atoms. The normalized spacial score (nSPS) is 20.9. The fraction of sp³-hybridized carbons (Fsp3) is 0.550. The molecular weight excluding hydrogens is 288 g/mol. The highest BCUT2D eigenvalue weighted by molar-refractivity contribution is 5.96. The number of carbonyl (C=O) groups is 1. The fourth-order valence-corrected chi connectivity index (χ4v) is 4.38. The van der Waals surface area contributed by atoms with Gasteiger partial charge in [-0.3, -0.25) is 4.79 Å². The molecular formula is C20H26O3. The van der Waals surface area contributed by atoms with Gasteiger partial charge < -0.3 is 9.47 Å². The molecule has 2 aliphatic carbocycles. The summed E-state index contributed by atoms with van der Waals surface area (Å²) in [6, 6.07) is 8.41. The van der Waals surface area contributed by atoms with Crippen LogP contribution in [0.5, 0.6) is 0 Å². The number of rotatable bonds is 6. The molecule has 0 aliphatic heterocycles. The van der Waals surface area contributed by atoms with Gasteiger partial charge in [0.25, 0.3) is 0 Å². The smallest absolute Gasteiger partial charge is 0.156 e. The lowest BCUT2D eigenvalue weighted by Gasteiger charge is -2.56. The summed E-state index contributed by atoms with van der Waals surface area (Å²) in [5, 5.41) is 0. The van der Waals surface area contributed by atoms with Gasteiger partial charge in [0.15, 0.2) is 5.78 Å². The van der Waals surface area contributed by atoms with Crippen molar-refractivity contribution in [3.05, 3.63) is 41.5 Å². The Morgan fingerprint density at radius 2 is 1.65 bits per heavy atom. The van der Waals surface area contributed by atoms with Gasteiger partial charge in [-0.05, 0) is 43.9 Å². The molecule has 0 unspecified atom stereocenters. The minimum atomic E-state index is -0.0502. The average molecular weight is 314 g/mol. The van der Waals surface area contributed by atoms with Crippen LogP contribution >= 0.6 is 0 Å². The second kappa shape index (κ2) is 6.58. The van der Waals surface area contributed by atoms with Gasteiger partial charge in [-0.2, -0.15) is 0 Å². The highest BCUT2D eigenvalue weighted by Gasteiger charge is 2.56. The summed E-state index contributed by atoms with van der Waals surface area (Å²) in [6.07, 6.45) is 6.23. The lowest BCUT2D eigenvalue weighted by Crippen LogP contribution is -2.55. The summed E-state index contributed by atoms with van der Waals surface area (Å²) in [5.74, 6) is 0.225. The lowest BCUT2D eigenvalue weighted by molar-refractivity contribution is -0.126. The second-order valence-electron chi connectivity index (χ2n) is 6.97. The molecule has 3 nitrogen and oxygen atoms in total. The van der Waals surface area contributed by atoms with Crippen molar-refractivity contribution in [2.45, 2.75) is 38.5 Å². The number of hydrogen-bond acceptors (Lipinski definition) is 3. The monoisotopic (exact) mass is 314 g/mol. The standard InChI is InChI=1S/C20H26O3/c1-3-22-14-19(15-23-4-2)12-20(13-19)11-17(21)10-9-16-7-5-6-8-18(16)20/h5-10H,3-4,11-15H2,1-2H3. The summed E-state index contributed by atoms with van der Waals surface area (Å²) in [7, 11) is 0. The van der Waals surface area contributed by atoms with Crippen LogP contribution in [-0.4, -0.2) is 32.2 Å². The topological polar surface area (TPSA) is 35.5 Å². The van der Waals surface area contributed by atoms with Gasteiger partial charge in [-0.25, -0.2) is 0 Å². The van der Waals surface area contributed by atoms with Crippen LogP contribution in [0, 0.1) is 5.41 Å². The predicted octanol–water partition coefficient (Wildman–Crippen LogP) is 3.76. The third-order valence-electron chi connectivity index (χ3n) is 5.15. The van der Waals surface area contributed by atoms with E-state index in [1.807, 2.05) is 26.0 Å². The van der Waals surface area contributed by atoms with Crippen molar-refractivity contribution in [1.29, 1.82) is 0 Å². The molecule has 0 bridgehead atoms. The molecule has 3 rings (SSSR count). The minimum absolute atomic E-state index is 0.0454. The molecule has 1 fully saturated rings. The Balaban J connectivity index is 1.87. The van der Waals surface area contributed by atoms with E-state index in [1.54, 1.807) is 6.08 Å². The molecule has 3 heteroatoms. The van der Waals surface area contributed by atoms with E-state index in [4.69, 9.17) is 9.47 Å². The molecule has 1 aromatic rings. The van der Waals surface area contributed by atoms with E-state index < -0.39 is 0 Å². The fourth-order valence-electron chi connectivity index (χ4n) is 4.38. The number of hydrogen-bond donors (Lipinski definition) is 0. The van der Waals surface area contributed by atoms with E-state index in [0.29, 0.717) is 6.42 Å². The Labute approximate surface area is 138 Å². The van der Waals surface area contributed by atoms with Gasteiger partial charge in [-0.1, -0.05) is 30.3 Å². The van der Waals surface area contributed by atoms with Crippen molar-refractivity contribution < 1.29 is 14.3 Å². The number of ketones is 1. The van der Waals surface area contributed by atoms with Crippen LogP contribution in [0.4, 0.5) is 0 Å². The van der Waals surface area contributed by atoms with Crippen LogP contribution in [0.2, 0.25) is 0 Å². The quantitative estimate of drug-likeness (QED) is 0.802. The Morgan fingerprint density at radius 3 is 2.30 bits per heavy atom. The van der Waals surface area contributed by atoms with Crippen molar-refractivity contribution >= 4 is 11.9 Å². The molecule has 124 valence electrons. The van der Waals surface area contributed by atoms with E-state index in [1.165, 1.54) is 11.1 Å². The largest absolute Gasteiger partial charge is 0.381 e. The Hall–Kier alpha value is -1.45. The van der Waals surface area contributed by atoms with E-state index in [2.05, 4.69) is 18.2 Å². The zero-order chi connectivity index (χ0) is 16.3. The van der Waals surface area contributed by atoms with E-state index >= 15 is 0 Å². The Morgan fingerprint density at radius 1 is 1.00 bits per heavy atom. The first kappa shape index (κ1) is 16.4. The lowest BCUT2D eigenvalue weighted by atomic mass is 9.49. The summed E-state index contributed by atoms with van der Waals surface area (Å²) < 4.78 is 11.5.